The fraction of sp³-hybridized carbons (Fsp3) is 0.250. The van der Waals surface area contributed by atoms with Crippen molar-refractivity contribution in [2.24, 2.45) is 0 Å². The van der Waals surface area contributed by atoms with E-state index in [1.54, 1.807) is 37.0 Å². The molecule has 0 saturated carbocycles. The van der Waals surface area contributed by atoms with E-state index in [4.69, 9.17) is 5.26 Å². The second kappa shape index (κ2) is 7.63. The molecule has 1 amide bonds. The summed E-state index contributed by atoms with van der Waals surface area (Å²) in [6.07, 6.45) is 1.67. The second-order valence-corrected chi connectivity index (χ2v) is 5.96. The first-order chi connectivity index (χ1) is 11.9. The van der Waals surface area contributed by atoms with E-state index in [-0.39, 0.29) is 11.7 Å². The number of carbonyl (C=O) groups excluding carboxylic acids is 2. The van der Waals surface area contributed by atoms with Gasteiger partial charge in [0.1, 0.15) is 5.69 Å². The molecule has 0 bridgehead atoms. The normalized spacial score (nSPS) is 10.2. The molecule has 0 saturated heterocycles. The molecular weight excluding hydrogens is 314 g/mol. The summed E-state index contributed by atoms with van der Waals surface area (Å²) in [5, 5.41) is 8.88. The summed E-state index contributed by atoms with van der Waals surface area (Å²) >= 11 is 0. The van der Waals surface area contributed by atoms with Crippen molar-refractivity contribution in [3.63, 3.8) is 0 Å². The fourth-order valence-electron chi connectivity index (χ4n) is 2.93. The first kappa shape index (κ1) is 18.2. The van der Waals surface area contributed by atoms with Gasteiger partial charge in [0.15, 0.2) is 5.78 Å². The van der Waals surface area contributed by atoms with Gasteiger partial charge in [0.2, 0.25) is 0 Å². The van der Waals surface area contributed by atoms with Crippen LogP contribution in [-0.2, 0) is 6.54 Å². The van der Waals surface area contributed by atoms with Crippen molar-refractivity contribution in [1.29, 1.82) is 5.26 Å². The van der Waals surface area contributed by atoms with Crippen molar-refractivity contribution in [3.8, 4) is 6.07 Å². The Morgan fingerprint density at radius 1 is 1.28 bits per heavy atom. The standard InChI is InChI=1S/C20H21N3O2/c1-5-10-23(12-17-8-6-16(11-21)7-9-17)20(25)19-13(2)18(15(4)24)14(3)22-19/h5-9,22H,1,10,12H2,2-4H3. The molecule has 0 aliphatic rings. The number of hydrogen-bond donors (Lipinski definition) is 1. The van der Waals surface area contributed by atoms with Crippen molar-refractivity contribution in [2.75, 3.05) is 6.54 Å². The monoisotopic (exact) mass is 335 g/mol. The van der Waals surface area contributed by atoms with Crippen LogP contribution < -0.4 is 0 Å². The molecule has 2 rings (SSSR count). The molecule has 1 aromatic carbocycles. The Labute approximate surface area is 147 Å². The number of ketones is 1. The molecule has 0 fully saturated rings. The molecule has 0 aliphatic heterocycles. The number of aryl methyl sites for hydroxylation is 1. The van der Waals surface area contributed by atoms with Crippen molar-refractivity contribution < 1.29 is 9.59 Å². The van der Waals surface area contributed by atoms with E-state index in [1.165, 1.54) is 6.92 Å². The molecule has 0 radical (unpaired) electrons. The molecule has 128 valence electrons. The zero-order chi connectivity index (χ0) is 18.6. The third-order valence-electron chi connectivity index (χ3n) is 4.10. The van der Waals surface area contributed by atoms with Gasteiger partial charge in [-0.25, -0.2) is 0 Å². The number of amides is 1. The molecule has 0 atom stereocenters. The van der Waals surface area contributed by atoms with E-state index < -0.39 is 0 Å². The fourth-order valence-corrected chi connectivity index (χ4v) is 2.93. The molecule has 0 aliphatic carbocycles. The van der Waals surface area contributed by atoms with E-state index in [0.29, 0.717) is 41.2 Å². The van der Waals surface area contributed by atoms with Crippen molar-refractivity contribution in [3.05, 3.63) is 70.6 Å². The summed E-state index contributed by atoms with van der Waals surface area (Å²) in [5.41, 5.74) is 3.86. The minimum absolute atomic E-state index is 0.0623. The molecule has 5 heteroatoms. The van der Waals surface area contributed by atoms with Crippen LogP contribution >= 0.6 is 0 Å². The first-order valence-corrected chi connectivity index (χ1v) is 7.98. The zero-order valence-electron chi connectivity index (χ0n) is 14.7. The Balaban J connectivity index is 2.32. The number of nitrogens with one attached hydrogen (secondary N) is 1. The van der Waals surface area contributed by atoms with Crippen LogP contribution in [0.1, 0.15) is 50.2 Å². The van der Waals surface area contributed by atoms with Crippen LogP contribution in [0.4, 0.5) is 0 Å². The lowest BCUT2D eigenvalue weighted by atomic mass is 10.1. The van der Waals surface area contributed by atoms with Gasteiger partial charge in [-0.2, -0.15) is 5.26 Å². The molecule has 0 unspecified atom stereocenters. The summed E-state index contributed by atoms with van der Waals surface area (Å²) in [5.74, 6) is -0.245. The topological polar surface area (TPSA) is 77.0 Å². The Kier molecular flexibility index (Phi) is 5.56. The highest BCUT2D eigenvalue weighted by molar-refractivity contribution is 6.02. The summed E-state index contributed by atoms with van der Waals surface area (Å²) in [7, 11) is 0. The summed E-state index contributed by atoms with van der Waals surface area (Å²) in [6, 6.07) is 9.18. The largest absolute Gasteiger partial charge is 0.354 e. The Hall–Kier alpha value is -3.13. The lowest BCUT2D eigenvalue weighted by molar-refractivity contribution is 0.0756. The van der Waals surface area contributed by atoms with Gasteiger partial charge in [-0.3, -0.25) is 9.59 Å². The molecule has 5 nitrogen and oxygen atoms in total. The molecule has 0 spiro atoms. The summed E-state index contributed by atoms with van der Waals surface area (Å²) < 4.78 is 0. The Morgan fingerprint density at radius 3 is 2.40 bits per heavy atom. The smallest absolute Gasteiger partial charge is 0.271 e. The number of rotatable bonds is 6. The molecule has 1 aromatic heterocycles. The molecular formula is C20H21N3O2. The van der Waals surface area contributed by atoms with E-state index in [0.717, 1.165) is 5.56 Å². The SMILES string of the molecule is C=CCN(Cc1ccc(C#N)cc1)C(=O)c1[nH]c(C)c(C(C)=O)c1C. The highest BCUT2D eigenvalue weighted by Gasteiger charge is 2.23. The number of Topliss-reactive ketones (excluding diaryl/α,β-unsaturated/α-hetero) is 1. The maximum Gasteiger partial charge on any atom is 0.271 e. The van der Waals surface area contributed by atoms with Gasteiger partial charge in [0.25, 0.3) is 5.91 Å². The average Bonchev–Trinajstić information content (AvgIpc) is 2.89. The van der Waals surface area contributed by atoms with Crippen LogP contribution in [0.25, 0.3) is 0 Å². The lowest BCUT2D eigenvalue weighted by Crippen LogP contribution is -2.31. The predicted molar refractivity (Wildman–Crippen MR) is 96.4 cm³/mol. The van der Waals surface area contributed by atoms with E-state index >= 15 is 0 Å². The van der Waals surface area contributed by atoms with Crippen molar-refractivity contribution in [2.45, 2.75) is 27.3 Å². The van der Waals surface area contributed by atoms with Crippen LogP contribution in [-0.4, -0.2) is 28.1 Å². The highest BCUT2D eigenvalue weighted by Crippen LogP contribution is 2.21. The number of H-pyrrole nitrogens is 1. The number of hydrogen-bond acceptors (Lipinski definition) is 3. The molecule has 1 N–H and O–H groups in total. The van der Waals surface area contributed by atoms with E-state index in [1.807, 2.05) is 12.1 Å². The van der Waals surface area contributed by atoms with Gasteiger partial charge in [0.05, 0.1) is 11.6 Å². The van der Waals surface area contributed by atoms with Crippen LogP contribution in [0, 0.1) is 25.2 Å². The third kappa shape index (κ3) is 3.86. The number of carbonyl (C=O) groups is 2. The number of aromatic nitrogens is 1. The Morgan fingerprint density at radius 2 is 1.92 bits per heavy atom. The van der Waals surface area contributed by atoms with Gasteiger partial charge in [-0.05, 0) is 44.0 Å². The van der Waals surface area contributed by atoms with Crippen LogP contribution in [0.15, 0.2) is 36.9 Å². The summed E-state index contributed by atoms with van der Waals surface area (Å²) in [4.78, 5) is 29.4. The maximum absolute atomic E-state index is 13.0. The number of aromatic amines is 1. The zero-order valence-corrected chi connectivity index (χ0v) is 14.7. The van der Waals surface area contributed by atoms with Gasteiger partial charge < -0.3 is 9.88 Å². The minimum atomic E-state index is -0.183. The number of benzene rings is 1. The molecule has 25 heavy (non-hydrogen) atoms. The van der Waals surface area contributed by atoms with E-state index in [9.17, 15) is 9.59 Å². The van der Waals surface area contributed by atoms with Gasteiger partial charge in [-0.1, -0.05) is 18.2 Å². The van der Waals surface area contributed by atoms with Crippen molar-refractivity contribution >= 4 is 11.7 Å². The number of nitriles is 1. The maximum atomic E-state index is 13.0. The molecule has 2 aromatic rings. The van der Waals surface area contributed by atoms with Crippen molar-refractivity contribution in [1.82, 2.24) is 9.88 Å². The summed E-state index contributed by atoms with van der Waals surface area (Å²) in [6.45, 7) is 9.56. The predicted octanol–water partition coefficient (Wildman–Crippen LogP) is 3.53. The second-order valence-electron chi connectivity index (χ2n) is 5.96. The lowest BCUT2D eigenvalue weighted by Gasteiger charge is -2.21. The molecule has 1 heterocycles. The van der Waals surface area contributed by atoms with Gasteiger partial charge in [-0.15, -0.1) is 6.58 Å². The highest BCUT2D eigenvalue weighted by atomic mass is 16.2. The van der Waals surface area contributed by atoms with Gasteiger partial charge >= 0.3 is 0 Å². The number of nitrogens with zero attached hydrogens (tertiary/aromatic N) is 2. The van der Waals surface area contributed by atoms with Gasteiger partial charge in [0, 0.05) is 24.3 Å². The van der Waals surface area contributed by atoms with E-state index in [2.05, 4.69) is 17.6 Å². The van der Waals surface area contributed by atoms with Crippen LogP contribution in [0.5, 0.6) is 0 Å². The quantitative estimate of drug-likeness (QED) is 0.648. The Bertz CT molecular complexity index is 854. The van der Waals surface area contributed by atoms with Crippen LogP contribution in [0.3, 0.4) is 0 Å². The average molecular weight is 335 g/mol. The third-order valence-corrected chi connectivity index (χ3v) is 4.10. The first-order valence-electron chi connectivity index (χ1n) is 7.98. The minimum Gasteiger partial charge on any atom is -0.354 e. The van der Waals surface area contributed by atoms with Crippen LogP contribution in [0.2, 0.25) is 0 Å².